The quantitative estimate of drug-likeness (QED) is 0.724. The van der Waals surface area contributed by atoms with E-state index in [0.29, 0.717) is 13.1 Å². The van der Waals surface area contributed by atoms with Crippen molar-refractivity contribution < 1.29 is 8.42 Å². The third kappa shape index (κ3) is 5.22. The Labute approximate surface area is 117 Å². The molecule has 1 saturated heterocycles. The van der Waals surface area contributed by atoms with Gasteiger partial charge in [0.1, 0.15) is 0 Å². The van der Waals surface area contributed by atoms with Gasteiger partial charge in [0.2, 0.25) is 10.0 Å². The highest BCUT2D eigenvalue weighted by molar-refractivity contribution is 7.89. The summed E-state index contributed by atoms with van der Waals surface area (Å²) < 4.78 is 26.4. The van der Waals surface area contributed by atoms with Crippen molar-refractivity contribution in [3.63, 3.8) is 0 Å². The molecule has 1 aliphatic rings. The molecule has 0 amide bonds. The second kappa shape index (κ2) is 6.83. The highest BCUT2D eigenvalue weighted by Crippen LogP contribution is 2.18. The van der Waals surface area contributed by atoms with Crippen LogP contribution in [0.1, 0.15) is 20.8 Å². The average Bonchev–Trinajstić information content (AvgIpc) is 2.33. The maximum absolute atomic E-state index is 12.4. The van der Waals surface area contributed by atoms with Gasteiger partial charge in [-0.1, -0.05) is 6.08 Å². The summed E-state index contributed by atoms with van der Waals surface area (Å²) >= 11 is 0. The fourth-order valence-corrected chi connectivity index (χ4v) is 4.09. The van der Waals surface area contributed by atoms with E-state index in [2.05, 4.69) is 16.8 Å². The van der Waals surface area contributed by atoms with Crippen molar-refractivity contribution in [2.24, 2.45) is 0 Å². The maximum atomic E-state index is 12.4. The highest BCUT2D eigenvalue weighted by atomic mass is 32.2. The summed E-state index contributed by atoms with van der Waals surface area (Å²) in [4.78, 5) is 2.20. The van der Waals surface area contributed by atoms with Crippen molar-refractivity contribution in [2.75, 3.05) is 45.0 Å². The molecule has 0 aromatic carbocycles. The minimum atomic E-state index is -3.24. The van der Waals surface area contributed by atoms with E-state index >= 15 is 0 Å². The molecule has 0 spiro atoms. The Morgan fingerprint density at radius 2 is 1.89 bits per heavy atom. The Morgan fingerprint density at radius 1 is 1.32 bits per heavy atom. The van der Waals surface area contributed by atoms with Crippen LogP contribution in [0.5, 0.6) is 0 Å². The Morgan fingerprint density at radius 3 is 2.37 bits per heavy atom. The van der Waals surface area contributed by atoms with Crippen LogP contribution >= 0.6 is 0 Å². The number of hydrogen-bond donors (Lipinski definition) is 1. The van der Waals surface area contributed by atoms with Crippen molar-refractivity contribution in [3.05, 3.63) is 12.7 Å². The Kier molecular flexibility index (Phi) is 5.98. The summed E-state index contributed by atoms with van der Waals surface area (Å²) in [6, 6.07) is 0. The minimum Gasteiger partial charge on any atom is -0.314 e. The van der Waals surface area contributed by atoms with Gasteiger partial charge in [-0.05, 0) is 20.8 Å². The summed E-state index contributed by atoms with van der Waals surface area (Å²) in [5.74, 6) is 0.179. The van der Waals surface area contributed by atoms with Gasteiger partial charge in [-0.2, -0.15) is 4.31 Å². The van der Waals surface area contributed by atoms with E-state index in [1.54, 1.807) is 6.08 Å². The van der Waals surface area contributed by atoms with E-state index in [9.17, 15) is 8.42 Å². The van der Waals surface area contributed by atoms with Gasteiger partial charge in [-0.25, -0.2) is 8.42 Å². The first-order valence-electron chi connectivity index (χ1n) is 6.82. The molecule has 1 heterocycles. The topological polar surface area (TPSA) is 52.7 Å². The second-order valence-electron chi connectivity index (χ2n) is 5.90. The van der Waals surface area contributed by atoms with E-state index in [1.165, 1.54) is 4.31 Å². The molecule has 19 heavy (non-hydrogen) atoms. The number of nitrogens with one attached hydrogen (secondary N) is 1. The monoisotopic (exact) mass is 289 g/mol. The van der Waals surface area contributed by atoms with E-state index in [-0.39, 0.29) is 5.75 Å². The standard InChI is InChI=1S/C13H27N3O2S/c1-5-8-16(13(2,3)4)19(17,18)12-11-15-9-6-14-7-10-15/h5,14H,1,6-12H2,2-4H3. The molecule has 112 valence electrons. The minimum absolute atomic E-state index is 0.179. The summed E-state index contributed by atoms with van der Waals surface area (Å²) in [5.41, 5.74) is -0.406. The Bertz CT molecular complexity index is 381. The predicted molar refractivity (Wildman–Crippen MR) is 79.8 cm³/mol. The van der Waals surface area contributed by atoms with Gasteiger partial charge in [-0.3, -0.25) is 4.90 Å². The van der Waals surface area contributed by atoms with Crippen molar-refractivity contribution in [1.82, 2.24) is 14.5 Å². The molecule has 6 heteroatoms. The molecule has 0 aliphatic carbocycles. The lowest BCUT2D eigenvalue weighted by atomic mass is 10.1. The van der Waals surface area contributed by atoms with E-state index < -0.39 is 15.6 Å². The van der Waals surface area contributed by atoms with Crippen LogP contribution in [0, 0.1) is 0 Å². The number of hydrogen-bond acceptors (Lipinski definition) is 4. The number of sulfonamides is 1. The summed E-state index contributed by atoms with van der Waals surface area (Å²) in [7, 11) is -3.24. The highest BCUT2D eigenvalue weighted by Gasteiger charge is 2.31. The zero-order valence-corrected chi connectivity index (χ0v) is 13.2. The zero-order chi connectivity index (χ0) is 14.5. The normalized spacial score (nSPS) is 18.7. The van der Waals surface area contributed by atoms with Crippen molar-refractivity contribution in [3.8, 4) is 0 Å². The summed E-state index contributed by atoms with van der Waals surface area (Å²) in [5, 5.41) is 3.26. The summed E-state index contributed by atoms with van der Waals surface area (Å²) in [6.45, 7) is 14.1. The molecule has 0 aromatic heterocycles. The molecule has 5 nitrogen and oxygen atoms in total. The fraction of sp³-hybridized carbons (Fsp3) is 0.846. The molecule has 0 bridgehead atoms. The maximum Gasteiger partial charge on any atom is 0.216 e. The molecule has 1 N–H and O–H groups in total. The number of nitrogens with zero attached hydrogens (tertiary/aromatic N) is 2. The van der Waals surface area contributed by atoms with Crippen molar-refractivity contribution in [2.45, 2.75) is 26.3 Å². The van der Waals surface area contributed by atoms with Crippen LogP contribution < -0.4 is 5.32 Å². The third-order valence-electron chi connectivity index (χ3n) is 3.25. The molecule has 0 saturated carbocycles. The molecular formula is C13H27N3O2S. The smallest absolute Gasteiger partial charge is 0.216 e. The third-order valence-corrected chi connectivity index (χ3v) is 5.32. The average molecular weight is 289 g/mol. The first kappa shape index (κ1) is 16.6. The summed E-state index contributed by atoms with van der Waals surface area (Å²) in [6.07, 6.45) is 1.65. The number of rotatable bonds is 6. The first-order valence-corrected chi connectivity index (χ1v) is 8.43. The van der Waals surface area contributed by atoms with Crippen LogP contribution in [0.15, 0.2) is 12.7 Å². The lowest BCUT2D eigenvalue weighted by Gasteiger charge is -2.35. The molecule has 1 fully saturated rings. The van der Waals surface area contributed by atoms with Gasteiger partial charge in [0, 0.05) is 44.8 Å². The fourth-order valence-electron chi connectivity index (χ4n) is 2.21. The van der Waals surface area contributed by atoms with Crippen molar-refractivity contribution >= 4 is 10.0 Å². The van der Waals surface area contributed by atoms with Crippen LogP contribution in [0.3, 0.4) is 0 Å². The zero-order valence-electron chi connectivity index (χ0n) is 12.4. The van der Waals surface area contributed by atoms with Gasteiger partial charge in [0.05, 0.1) is 5.75 Å². The largest absolute Gasteiger partial charge is 0.314 e. The molecular weight excluding hydrogens is 262 g/mol. The Balaban J connectivity index is 2.63. The second-order valence-corrected chi connectivity index (χ2v) is 7.91. The lowest BCUT2D eigenvalue weighted by molar-refractivity contribution is 0.244. The van der Waals surface area contributed by atoms with Gasteiger partial charge in [-0.15, -0.1) is 6.58 Å². The van der Waals surface area contributed by atoms with Crippen molar-refractivity contribution in [1.29, 1.82) is 0 Å². The molecule has 0 aromatic rings. The first-order chi connectivity index (χ1) is 8.77. The van der Waals surface area contributed by atoms with E-state index in [0.717, 1.165) is 26.2 Å². The van der Waals surface area contributed by atoms with Crippen LogP contribution in [-0.4, -0.2) is 68.2 Å². The molecule has 0 atom stereocenters. The van der Waals surface area contributed by atoms with E-state index in [1.807, 2.05) is 20.8 Å². The van der Waals surface area contributed by atoms with Crippen LogP contribution in [0.25, 0.3) is 0 Å². The van der Waals surface area contributed by atoms with Crippen LogP contribution in [0.2, 0.25) is 0 Å². The number of piperazine rings is 1. The lowest BCUT2D eigenvalue weighted by Crippen LogP contribution is -2.50. The predicted octanol–water partition coefficient (Wildman–Crippen LogP) is 0.508. The van der Waals surface area contributed by atoms with E-state index in [4.69, 9.17) is 0 Å². The van der Waals surface area contributed by atoms with Crippen LogP contribution in [0.4, 0.5) is 0 Å². The molecule has 1 aliphatic heterocycles. The van der Waals surface area contributed by atoms with Gasteiger partial charge in [0.15, 0.2) is 0 Å². The van der Waals surface area contributed by atoms with Gasteiger partial charge in [0.25, 0.3) is 0 Å². The SMILES string of the molecule is C=CCN(C(C)(C)C)S(=O)(=O)CCN1CCNCC1. The van der Waals surface area contributed by atoms with Crippen LogP contribution in [-0.2, 0) is 10.0 Å². The molecule has 1 rings (SSSR count). The van der Waals surface area contributed by atoms with Gasteiger partial charge >= 0.3 is 0 Å². The molecule has 0 radical (unpaired) electrons. The Hall–Kier alpha value is -0.430. The van der Waals surface area contributed by atoms with Gasteiger partial charge < -0.3 is 5.32 Å². The molecule has 0 unspecified atom stereocenters.